The Balaban J connectivity index is 0.000000406. The van der Waals surface area contributed by atoms with Gasteiger partial charge in [-0.15, -0.1) is 0 Å². The van der Waals surface area contributed by atoms with Crippen LogP contribution in [0.1, 0.15) is 67.1 Å². The number of aliphatic hydroxyl groups excluding tert-OH is 1. The number of sulfone groups is 1. The molecule has 22 nitrogen and oxygen atoms in total. The average Bonchev–Trinajstić information content (AvgIpc) is 4.06. The zero-order valence-electron chi connectivity index (χ0n) is 37.8. The van der Waals surface area contributed by atoms with E-state index in [2.05, 4.69) is 66.3 Å². The maximum absolute atomic E-state index is 11.3. The van der Waals surface area contributed by atoms with Gasteiger partial charge in [0.05, 0.1) is 53.5 Å². The van der Waals surface area contributed by atoms with E-state index in [0.29, 0.717) is 59.9 Å². The summed E-state index contributed by atoms with van der Waals surface area (Å²) in [4.78, 5) is 61.4. The van der Waals surface area contributed by atoms with Crippen LogP contribution in [0.25, 0.3) is 28.0 Å². The minimum atomic E-state index is -3.38. The Morgan fingerprint density at radius 1 is 0.731 bits per heavy atom. The van der Waals surface area contributed by atoms with E-state index in [1.54, 1.807) is 56.2 Å². The van der Waals surface area contributed by atoms with Crippen molar-refractivity contribution in [2.24, 2.45) is 0 Å². The zero-order chi connectivity index (χ0) is 50.0. The van der Waals surface area contributed by atoms with Gasteiger partial charge in [0.1, 0.15) is 0 Å². The third-order valence-corrected chi connectivity index (χ3v) is 8.28. The summed E-state index contributed by atoms with van der Waals surface area (Å²) in [5, 5.41) is 7.21. The number of nitrogens with zero attached hydrogens (tertiary/aromatic N) is 11. The minimum absolute atomic E-state index is 0.217. The fraction of sp³-hybridized carbons (Fsp3) is 0.279. The van der Waals surface area contributed by atoms with Crippen molar-refractivity contribution < 1.29 is 41.4 Å². The van der Waals surface area contributed by atoms with E-state index in [9.17, 15) is 18.0 Å². The van der Waals surface area contributed by atoms with Gasteiger partial charge in [0.25, 0.3) is 9.84 Å². The number of oxazole rings is 2. The van der Waals surface area contributed by atoms with Gasteiger partial charge in [0, 0.05) is 51.5 Å². The Labute approximate surface area is 393 Å². The van der Waals surface area contributed by atoms with Crippen molar-refractivity contribution >= 4 is 44.3 Å². The number of aryl methyl sites for hydroxylation is 3. The van der Waals surface area contributed by atoms with Crippen molar-refractivity contribution in [1.82, 2.24) is 49.8 Å². The first-order valence-corrected chi connectivity index (χ1v) is 21.6. The van der Waals surface area contributed by atoms with Crippen molar-refractivity contribution in [1.29, 1.82) is 0 Å². The fourth-order valence-electron chi connectivity index (χ4n) is 3.98. The monoisotopic (exact) mass is 961 g/mol. The van der Waals surface area contributed by atoms with Crippen LogP contribution in [0.4, 0.5) is 11.4 Å². The van der Waals surface area contributed by atoms with Crippen molar-refractivity contribution in [3.63, 3.8) is 0 Å². The lowest BCUT2D eigenvalue weighted by Gasteiger charge is -2.14. The van der Waals surface area contributed by atoms with Gasteiger partial charge in [-0.1, -0.05) is 17.7 Å². The highest BCUT2D eigenvalue weighted by Gasteiger charge is 2.16. The van der Waals surface area contributed by atoms with Gasteiger partial charge in [-0.3, -0.25) is 14.4 Å². The van der Waals surface area contributed by atoms with Crippen LogP contribution in [-0.2, 0) is 24.1 Å². The maximum Gasteiger partial charge on any atom is 0.316 e. The lowest BCUT2D eigenvalue weighted by molar-refractivity contribution is -0.145. The Morgan fingerprint density at radius 2 is 1.12 bits per heavy atom. The molecule has 1 aromatic carbocycles. The quantitative estimate of drug-likeness (QED) is 0.0586. The standard InChI is InChI=1S/C9H15N3O2.C9H9NO2S.C8H7N3O.C7H6N4O.C6H6N2O.C2H3ClO.C2H6O/c1-3-13-9(14-4-2)8-11-5-7(10)6-12-8;1-8-3-5-9(6-4-8)13(11,12)7-10-2;1-6-2-10-8(11-3-6)7-4-9-5-12-7;8-5-1-10-7(11-2-5)6-3-9-4-12-6;1-5-2-7-6(4-9)8-3-5;1-2(3)4;1-2-3/h5-6,9H,3-4,10H2,1-2H3;3-6H,7H2,1H3;2-5H,1H3;1-4H,8H2;2-4H,1H3;1H3;3H,2H2,1H3. The van der Waals surface area contributed by atoms with Gasteiger partial charge >= 0.3 is 5.88 Å². The molecule has 0 aliphatic rings. The third kappa shape index (κ3) is 25.0. The molecular weight excluding hydrogens is 910 g/mol. The van der Waals surface area contributed by atoms with E-state index >= 15 is 0 Å². The van der Waals surface area contributed by atoms with Gasteiger partial charge in [0.15, 0.2) is 53.9 Å². The van der Waals surface area contributed by atoms with Crippen molar-refractivity contribution in [3.05, 3.63) is 139 Å². The van der Waals surface area contributed by atoms with Crippen LogP contribution < -0.4 is 11.5 Å². The van der Waals surface area contributed by atoms with E-state index in [0.717, 1.165) is 16.7 Å². The predicted octanol–water partition coefficient (Wildman–Crippen LogP) is 6.30. The second kappa shape index (κ2) is 33.1. The number of halogens is 1. The van der Waals surface area contributed by atoms with Crippen molar-refractivity contribution in [2.75, 3.05) is 37.2 Å². The number of benzene rings is 1. The zero-order valence-corrected chi connectivity index (χ0v) is 39.4. The second-order valence-corrected chi connectivity index (χ2v) is 15.0. The number of carbonyl (C=O) groups is 2. The molecule has 0 saturated carbocycles. The number of nitrogen functional groups attached to an aromatic ring is 2. The van der Waals surface area contributed by atoms with Crippen molar-refractivity contribution in [2.45, 2.75) is 59.7 Å². The molecule has 7 rings (SSSR count). The highest BCUT2D eigenvalue weighted by Crippen LogP contribution is 2.16. The molecule has 356 valence electrons. The van der Waals surface area contributed by atoms with E-state index in [1.807, 2.05) is 34.6 Å². The number of hydrogen-bond donors (Lipinski definition) is 3. The van der Waals surface area contributed by atoms with E-state index < -0.39 is 22.0 Å². The summed E-state index contributed by atoms with van der Waals surface area (Å²) in [6.45, 7) is 20.3. The van der Waals surface area contributed by atoms with Crippen LogP contribution in [0, 0.1) is 27.3 Å². The van der Waals surface area contributed by atoms with Crippen LogP contribution in [0.3, 0.4) is 0 Å². The highest BCUT2D eigenvalue weighted by molar-refractivity contribution is 7.91. The molecule has 0 bridgehead atoms. The summed E-state index contributed by atoms with van der Waals surface area (Å²) >= 11 is 4.64. The van der Waals surface area contributed by atoms with Gasteiger partial charge < -0.3 is 34.9 Å². The summed E-state index contributed by atoms with van der Waals surface area (Å²) in [5.41, 5.74) is 14.9. The molecule has 0 saturated heterocycles. The Hall–Kier alpha value is -7.49. The number of anilines is 2. The molecule has 5 N–H and O–H groups in total. The lowest BCUT2D eigenvalue weighted by atomic mass is 10.2. The maximum atomic E-state index is 11.3. The smallest absolute Gasteiger partial charge is 0.316 e. The summed E-state index contributed by atoms with van der Waals surface area (Å²) in [6.07, 6.45) is 18.8. The van der Waals surface area contributed by atoms with Crippen molar-refractivity contribution in [3.8, 4) is 23.2 Å². The van der Waals surface area contributed by atoms with E-state index in [-0.39, 0.29) is 22.6 Å². The highest BCUT2D eigenvalue weighted by atomic mass is 35.5. The van der Waals surface area contributed by atoms with E-state index in [1.165, 1.54) is 56.6 Å². The molecule has 0 aliphatic carbocycles. The fourth-order valence-corrected chi connectivity index (χ4v) is 4.85. The third-order valence-electron chi connectivity index (χ3n) is 6.82. The normalized spacial score (nSPS) is 9.81. The molecule has 6 aromatic heterocycles. The Morgan fingerprint density at radius 3 is 1.48 bits per heavy atom. The molecule has 67 heavy (non-hydrogen) atoms. The first kappa shape index (κ1) is 57.5. The number of hydrogen-bond acceptors (Lipinski definition) is 21. The molecule has 0 fully saturated rings. The predicted molar refractivity (Wildman–Crippen MR) is 248 cm³/mol. The second-order valence-electron chi connectivity index (χ2n) is 12.5. The number of carbonyl (C=O) groups excluding carboxylic acids is 2. The molecule has 0 unspecified atom stereocenters. The Kier molecular flexibility index (Phi) is 28.4. The SMILES string of the molecule is CC(=O)Cl.CCO.CCOC(OCC)c1ncc(N)cn1.Cc1cnc(-c2cnco2)nc1.Cc1cnc(C=O)nc1.Nc1cnc(-c2cnco2)nc1.[C-]#[N+]CS(=O)(=O)c1ccc(C)cc1. The average molecular weight is 962 g/mol. The van der Waals surface area contributed by atoms with Crippen LogP contribution >= 0.6 is 11.6 Å². The molecule has 7 aromatic rings. The molecule has 0 amide bonds. The minimum Gasteiger partial charge on any atom is -0.440 e. The van der Waals surface area contributed by atoms with Crippen LogP contribution in [0.5, 0.6) is 0 Å². The molecule has 6 heterocycles. The summed E-state index contributed by atoms with van der Waals surface area (Å²) in [5.74, 6) is 2.45. The number of rotatable bonds is 10. The van der Waals surface area contributed by atoms with Gasteiger partial charge in [-0.25, -0.2) is 64.8 Å². The topological polar surface area (TPSA) is 319 Å². The number of aromatic nitrogens is 10. The molecular formula is C43H52ClN13O9S. The molecule has 24 heteroatoms. The van der Waals surface area contributed by atoms with Gasteiger partial charge in [-0.05, 0) is 76.4 Å². The molecule has 0 atom stereocenters. The molecule has 0 aliphatic heterocycles. The van der Waals surface area contributed by atoms with Gasteiger partial charge in [0.2, 0.25) is 11.5 Å². The number of nitrogens with two attached hydrogens (primary N) is 2. The Bertz CT molecular complexity index is 2450. The first-order valence-electron chi connectivity index (χ1n) is 19.6. The van der Waals surface area contributed by atoms with E-state index in [4.69, 9.17) is 41.5 Å². The summed E-state index contributed by atoms with van der Waals surface area (Å²) < 4.78 is 43.3. The summed E-state index contributed by atoms with van der Waals surface area (Å²) in [6, 6.07) is 6.49. The molecule has 0 spiro atoms. The molecule has 0 radical (unpaired) electrons. The lowest BCUT2D eigenvalue weighted by Crippen LogP contribution is -2.12. The summed E-state index contributed by atoms with van der Waals surface area (Å²) in [7, 11) is -3.38. The number of aldehydes is 1. The van der Waals surface area contributed by atoms with Gasteiger partial charge in [-0.2, -0.15) is 0 Å². The first-order chi connectivity index (χ1) is 32.0. The largest absolute Gasteiger partial charge is 0.440 e. The van der Waals surface area contributed by atoms with Crippen LogP contribution in [0.15, 0.2) is 113 Å². The van der Waals surface area contributed by atoms with Crippen LogP contribution in [-0.4, -0.2) is 101 Å². The number of aliphatic hydroxyl groups is 1. The van der Waals surface area contributed by atoms with Crippen LogP contribution in [0.2, 0.25) is 0 Å². The number of ether oxygens (including phenoxy) is 2.